The molecule has 0 saturated heterocycles. The van der Waals surface area contributed by atoms with Crippen LogP contribution in [0.1, 0.15) is 24.6 Å². The first kappa shape index (κ1) is 19.2. The third kappa shape index (κ3) is 3.89. The topological polar surface area (TPSA) is 50.6 Å². The number of ether oxygens (including phenoxy) is 1. The maximum atomic E-state index is 12.9. The molecule has 0 amide bonds. The van der Waals surface area contributed by atoms with E-state index in [0.29, 0.717) is 24.8 Å². The summed E-state index contributed by atoms with van der Waals surface area (Å²) in [5.41, 5.74) is 2.50. The molecule has 4 rings (SSSR count). The van der Waals surface area contributed by atoms with Crippen molar-refractivity contribution in [2.75, 3.05) is 18.1 Å². The summed E-state index contributed by atoms with van der Waals surface area (Å²) < 4.78 is 7.68. The lowest BCUT2D eigenvalue weighted by molar-refractivity contribution is 0.198. The molecule has 0 saturated carbocycles. The second kappa shape index (κ2) is 8.09. The molecule has 0 spiro atoms. The van der Waals surface area contributed by atoms with Crippen LogP contribution in [0.5, 0.6) is 11.5 Å². The summed E-state index contributed by atoms with van der Waals surface area (Å²) in [6, 6.07) is 17.6. The van der Waals surface area contributed by atoms with E-state index in [4.69, 9.17) is 9.72 Å². The lowest BCUT2D eigenvalue weighted by Crippen LogP contribution is -2.48. The number of hydrogen-bond donors (Lipinski definition) is 0. The summed E-state index contributed by atoms with van der Waals surface area (Å²) in [7, 11) is 0. The van der Waals surface area contributed by atoms with Crippen molar-refractivity contribution in [2.45, 2.75) is 33.9 Å². The number of anilines is 2. The molecule has 1 aromatic heterocycles. The smallest absolute Gasteiger partial charge is 0.259 e. The molecule has 2 heterocycles. The van der Waals surface area contributed by atoms with Gasteiger partial charge in [0.15, 0.2) is 0 Å². The van der Waals surface area contributed by atoms with Crippen LogP contribution >= 0.6 is 0 Å². The third-order valence-corrected chi connectivity index (χ3v) is 5.21. The van der Waals surface area contributed by atoms with Gasteiger partial charge >= 0.3 is 0 Å². The first-order chi connectivity index (χ1) is 14.1. The van der Waals surface area contributed by atoms with Crippen molar-refractivity contribution in [3.05, 3.63) is 76.2 Å². The summed E-state index contributed by atoms with van der Waals surface area (Å²) in [5, 5.41) is 0. The van der Waals surface area contributed by atoms with Gasteiger partial charge in [0.2, 0.25) is 5.95 Å². The summed E-state index contributed by atoms with van der Waals surface area (Å²) in [6.45, 7) is 8.08. The molecule has 1 aliphatic heterocycles. The summed E-state index contributed by atoms with van der Waals surface area (Å²) >= 11 is 0. The SMILES string of the molecule is CCCN1CN(c2ccc(Oc3ccccc3)cc2)c2nc(C)c(C)c(=O)n2C1. The van der Waals surface area contributed by atoms with Crippen molar-refractivity contribution < 1.29 is 4.74 Å². The molecule has 0 radical (unpaired) electrons. The Hall–Kier alpha value is -3.12. The maximum absolute atomic E-state index is 12.9. The Labute approximate surface area is 171 Å². The number of aromatic nitrogens is 2. The normalized spacial score (nSPS) is 14.0. The van der Waals surface area contributed by atoms with E-state index in [1.165, 1.54) is 0 Å². The average Bonchev–Trinajstić information content (AvgIpc) is 2.74. The minimum absolute atomic E-state index is 0.0299. The molecule has 0 unspecified atom stereocenters. The summed E-state index contributed by atoms with van der Waals surface area (Å²) in [6.07, 6.45) is 1.03. The molecule has 2 aromatic carbocycles. The number of aryl methyl sites for hydroxylation is 1. The fraction of sp³-hybridized carbons (Fsp3) is 0.304. The molecular formula is C23H26N4O2. The molecule has 0 aliphatic carbocycles. The number of fused-ring (bicyclic) bond motifs is 1. The van der Waals surface area contributed by atoms with Crippen LogP contribution in [0.2, 0.25) is 0 Å². The van der Waals surface area contributed by atoms with Crippen LogP contribution in [0.25, 0.3) is 0 Å². The standard InChI is InChI=1S/C23H26N4O2/c1-4-14-25-15-26(23-24-18(3)17(2)22(28)27(23)16-25)19-10-12-21(13-11-19)29-20-8-6-5-7-9-20/h5-13H,4,14-16H2,1-3H3. The fourth-order valence-electron chi connectivity index (χ4n) is 3.56. The van der Waals surface area contributed by atoms with Crippen LogP contribution < -0.4 is 15.2 Å². The maximum Gasteiger partial charge on any atom is 0.259 e. The van der Waals surface area contributed by atoms with Crippen LogP contribution in [0.4, 0.5) is 11.6 Å². The van der Waals surface area contributed by atoms with Crippen molar-refractivity contribution in [3.63, 3.8) is 0 Å². The third-order valence-electron chi connectivity index (χ3n) is 5.21. The highest BCUT2D eigenvalue weighted by molar-refractivity contribution is 5.59. The first-order valence-electron chi connectivity index (χ1n) is 9.97. The molecule has 0 fully saturated rings. The van der Waals surface area contributed by atoms with Gasteiger partial charge in [-0.2, -0.15) is 0 Å². The van der Waals surface area contributed by atoms with Crippen LogP contribution in [-0.2, 0) is 6.67 Å². The first-order valence-corrected chi connectivity index (χ1v) is 9.97. The Kier molecular flexibility index (Phi) is 5.36. The highest BCUT2D eigenvalue weighted by Crippen LogP contribution is 2.30. The van der Waals surface area contributed by atoms with Crippen LogP contribution in [0.15, 0.2) is 59.4 Å². The molecule has 0 N–H and O–H groups in total. The van der Waals surface area contributed by atoms with Gasteiger partial charge in [0, 0.05) is 23.5 Å². The molecule has 1 aliphatic rings. The van der Waals surface area contributed by atoms with Gasteiger partial charge in [0.25, 0.3) is 5.56 Å². The van der Waals surface area contributed by atoms with E-state index >= 15 is 0 Å². The minimum Gasteiger partial charge on any atom is -0.457 e. The van der Waals surface area contributed by atoms with E-state index in [2.05, 4.69) is 16.7 Å². The van der Waals surface area contributed by atoms with Crippen LogP contribution in [-0.4, -0.2) is 27.7 Å². The lowest BCUT2D eigenvalue weighted by Gasteiger charge is -2.38. The Morgan fingerprint density at radius 2 is 1.66 bits per heavy atom. The van der Waals surface area contributed by atoms with Gasteiger partial charge in [-0.25, -0.2) is 4.98 Å². The Balaban J connectivity index is 1.67. The van der Waals surface area contributed by atoms with Crippen molar-refractivity contribution in [3.8, 4) is 11.5 Å². The largest absolute Gasteiger partial charge is 0.457 e. The molecule has 3 aromatic rings. The highest BCUT2D eigenvalue weighted by Gasteiger charge is 2.26. The van der Waals surface area contributed by atoms with Crippen molar-refractivity contribution in [1.29, 1.82) is 0 Å². The van der Waals surface area contributed by atoms with Crippen LogP contribution in [0, 0.1) is 13.8 Å². The second-order valence-electron chi connectivity index (χ2n) is 7.37. The van der Waals surface area contributed by atoms with E-state index in [1.54, 1.807) is 4.57 Å². The summed E-state index contributed by atoms with van der Waals surface area (Å²) in [5.74, 6) is 2.27. The number of benzene rings is 2. The Bertz CT molecular complexity index is 1040. The van der Waals surface area contributed by atoms with E-state index in [-0.39, 0.29) is 5.56 Å². The monoisotopic (exact) mass is 390 g/mol. The minimum atomic E-state index is 0.0299. The van der Waals surface area contributed by atoms with E-state index in [0.717, 1.165) is 35.8 Å². The number of hydrogen-bond acceptors (Lipinski definition) is 5. The number of nitrogens with zero attached hydrogens (tertiary/aromatic N) is 4. The van der Waals surface area contributed by atoms with Gasteiger partial charge in [0.1, 0.15) is 11.5 Å². The zero-order chi connectivity index (χ0) is 20.4. The van der Waals surface area contributed by atoms with Gasteiger partial charge in [0.05, 0.1) is 13.3 Å². The zero-order valence-corrected chi connectivity index (χ0v) is 17.1. The highest BCUT2D eigenvalue weighted by atomic mass is 16.5. The molecule has 150 valence electrons. The van der Waals surface area contributed by atoms with E-state index in [1.807, 2.05) is 68.4 Å². The molecule has 29 heavy (non-hydrogen) atoms. The zero-order valence-electron chi connectivity index (χ0n) is 17.1. The van der Waals surface area contributed by atoms with Crippen molar-refractivity contribution >= 4 is 11.6 Å². The van der Waals surface area contributed by atoms with E-state index < -0.39 is 0 Å². The molecular weight excluding hydrogens is 364 g/mol. The predicted octanol–water partition coefficient (Wildman–Crippen LogP) is 4.43. The van der Waals surface area contributed by atoms with Gasteiger partial charge < -0.3 is 4.74 Å². The van der Waals surface area contributed by atoms with Gasteiger partial charge in [-0.1, -0.05) is 25.1 Å². The second-order valence-corrected chi connectivity index (χ2v) is 7.37. The lowest BCUT2D eigenvalue weighted by atomic mass is 10.2. The quantitative estimate of drug-likeness (QED) is 0.645. The van der Waals surface area contributed by atoms with Gasteiger partial charge in [-0.15, -0.1) is 0 Å². The van der Waals surface area contributed by atoms with E-state index in [9.17, 15) is 4.79 Å². The summed E-state index contributed by atoms with van der Waals surface area (Å²) in [4.78, 5) is 22.0. The molecule has 0 atom stereocenters. The number of rotatable bonds is 5. The Morgan fingerprint density at radius 1 is 0.966 bits per heavy atom. The molecule has 6 heteroatoms. The fourth-order valence-corrected chi connectivity index (χ4v) is 3.56. The van der Waals surface area contributed by atoms with Crippen LogP contribution in [0.3, 0.4) is 0 Å². The Morgan fingerprint density at radius 3 is 2.34 bits per heavy atom. The van der Waals surface area contributed by atoms with Crippen molar-refractivity contribution in [1.82, 2.24) is 14.5 Å². The molecule has 6 nitrogen and oxygen atoms in total. The average molecular weight is 390 g/mol. The number of para-hydroxylation sites is 1. The molecule has 0 bridgehead atoms. The van der Waals surface area contributed by atoms with Gasteiger partial charge in [-0.05, 0) is 56.7 Å². The van der Waals surface area contributed by atoms with Gasteiger partial charge in [-0.3, -0.25) is 19.2 Å². The predicted molar refractivity (Wildman–Crippen MR) is 115 cm³/mol. The van der Waals surface area contributed by atoms with Crippen molar-refractivity contribution in [2.24, 2.45) is 0 Å².